The van der Waals surface area contributed by atoms with Crippen LogP contribution in [-0.4, -0.2) is 6.72 Å². The van der Waals surface area contributed by atoms with Gasteiger partial charge < -0.3 is 4.84 Å². The van der Waals surface area contributed by atoms with Crippen molar-refractivity contribution in [2.45, 2.75) is 6.61 Å². The van der Waals surface area contributed by atoms with Gasteiger partial charge in [-0.15, -0.1) is 17.6 Å². The van der Waals surface area contributed by atoms with Crippen LogP contribution in [0.25, 0.3) is 0 Å². The zero-order valence-electron chi connectivity index (χ0n) is 6.06. The molecule has 0 heterocycles. The van der Waals surface area contributed by atoms with Crippen LogP contribution in [0, 0.1) is 0 Å². The lowest BCUT2D eigenvalue weighted by atomic mass is 10.2. The molecule has 1 aromatic rings. The molecule has 1 rings (SSSR count). The first-order chi connectivity index (χ1) is 4.93. The Kier molecular flexibility index (Phi) is 5.21. The van der Waals surface area contributed by atoms with Crippen LogP contribution in [0.2, 0.25) is 0 Å². The average Bonchev–Trinajstić information content (AvgIpc) is 2.03. The first kappa shape index (κ1) is 9.98. The molecule has 0 radical (unpaired) electrons. The topological polar surface area (TPSA) is 21.6 Å². The molecule has 0 atom stereocenters. The van der Waals surface area contributed by atoms with Gasteiger partial charge in [0, 0.05) is 6.72 Å². The average molecular weight is 172 g/mol. The number of hydrogen-bond donors (Lipinski definition) is 0. The van der Waals surface area contributed by atoms with Gasteiger partial charge in [-0.05, 0) is 5.56 Å². The Labute approximate surface area is 72.3 Å². The summed E-state index contributed by atoms with van der Waals surface area (Å²) in [5, 5.41) is 3.28. The number of oxime groups is 1. The second-order valence-electron chi connectivity index (χ2n) is 1.89. The van der Waals surface area contributed by atoms with Crippen LogP contribution in [0.4, 0.5) is 0 Å². The Morgan fingerprint density at radius 1 is 1.27 bits per heavy atom. The fraction of sp³-hybridized carbons (Fsp3) is 0.125. The minimum absolute atomic E-state index is 0. The van der Waals surface area contributed by atoms with E-state index >= 15 is 0 Å². The van der Waals surface area contributed by atoms with Crippen LogP contribution in [0.1, 0.15) is 5.56 Å². The Morgan fingerprint density at radius 2 is 1.91 bits per heavy atom. The highest BCUT2D eigenvalue weighted by atomic mass is 35.5. The van der Waals surface area contributed by atoms with Crippen molar-refractivity contribution in [1.29, 1.82) is 0 Å². The molecule has 0 bridgehead atoms. The van der Waals surface area contributed by atoms with E-state index < -0.39 is 0 Å². The van der Waals surface area contributed by atoms with Crippen molar-refractivity contribution < 1.29 is 4.84 Å². The quantitative estimate of drug-likeness (QED) is 0.505. The number of halogens is 1. The highest BCUT2D eigenvalue weighted by Crippen LogP contribution is 1.99. The molecule has 11 heavy (non-hydrogen) atoms. The summed E-state index contributed by atoms with van der Waals surface area (Å²) in [4.78, 5) is 4.73. The van der Waals surface area contributed by atoms with Gasteiger partial charge in [-0.2, -0.15) is 0 Å². The third kappa shape index (κ3) is 3.63. The summed E-state index contributed by atoms with van der Waals surface area (Å²) in [5.41, 5.74) is 1.11. The SMILES string of the molecule is C=NOCc1ccccc1.Cl. The molecule has 2 nitrogen and oxygen atoms in total. The van der Waals surface area contributed by atoms with Gasteiger partial charge in [0.15, 0.2) is 0 Å². The maximum atomic E-state index is 4.73. The molecular formula is C8H10ClNO. The minimum atomic E-state index is 0. The van der Waals surface area contributed by atoms with Crippen LogP contribution in [-0.2, 0) is 11.4 Å². The van der Waals surface area contributed by atoms with Crippen molar-refractivity contribution in [3.63, 3.8) is 0 Å². The van der Waals surface area contributed by atoms with E-state index in [0.717, 1.165) is 5.56 Å². The van der Waals surface area contributed by atoms with Gasteiger partial charge in [0.05, 0.1) is 0 Å². The molecule has 0 saturated heterocycles. The second-order valence-corrected chi connectivity index (χ2v) is 1.89. The standard InChI is InChI=1S/C8H9NO.ClH/c1-9-10-7-8-5-3-2-4-6-8;/h2-6H,1,7H2;1H. The maximum absolute atomic E-state index is 4.73. The number of hydrogen-bond acceptors (Lipinski definition) is 2. The van der Waals surface area contributed by atoms with Gasteiger partial charge in [-0.3, -0.25) is 0 Å². The number of rotatable bonds is 3. The van der Waals surface area contributed by atoms with Crippen molar-refractivity contribution in [3.8, 4) is 0 Å². The molecule has 0 aliphatic carbocycles. The molecule has 0 spiro atoms. The van der Waals surface area contributed by atoms with Gasteiger partial charge in [-0.1, -0.05) is 30.3 Å². The zero-order valence-corrected chi connectivity index (χ0v) is 6.88. The van der Waals surface area contributed by atoms with E-state index in [4.69, 9.17) is 4.84 Å². The number of benzene rings is 1. The monoisotopic (exact) mass is 171 g/mol. The van der Waals surface area contributed by atoms with Gasteiger partial charge >= 0.3 is 0 Å². The highest BCUT2D eigenvalue weighted by molar-refractivity contribution is 5.85. The first-order valence-corrected chi connectivity index (χ1v) is 3.05. The van der Waals surface area contributed by atoms with Gasteiger partial charge in [0.1, 0.15) is 6.61 Å². The van der Waals surface area contributed by atoms with Crippen molar-refractivity contribution in [3.05, 3.63) is 35.9 Å². The van der Waals surface area contributed by atoms with E-state index in [-0.39, 0.29) is 12.4 Å². The summed E-state index contributed by atoms with van der Waals surface area (Å²) >= 11 is 0. The minimum Gasteiger partial charge on any atom is -0.391 e. The Morgan fingerprint density at radius 3 is 2.45 bits per heavy atom. The molecule has 60 valence electrons. The fourth-order valence-corrected chi connectivity index (χ4v) is 0.694. The zero-order chi connectivity index (χ0) is 7.23. The molecule has 0 aromatic heterocycles. The molecule has 0 unspecified atom stereocenters. The lowest BCUT2D eigenvalue weighted by Crippen LogP contribution is -1.83. The van der Waals surface area contributed by atoms with E-state index in [2.05, 4.69) is 11.9 Å². The Balaban J connectivity index is 0.000001000. The largest absolute Gasteiger partial charge is 0.391 e. The van der Waals surface area contributed by atoms with Crippen LogP contribution in [0.15, 0.2) is 35.5 Å². The summed E-state index contributed by atoms with van der Waals surface area (Å²) in [6, 6.07) is 9.84. The van der Waals surface area contributed by atoms with Gasteiger partial charge in [0.25, 0.3) is 0 Å². The van der Waals surface area contributed by atoms with Crippen LogP contribution in [0.5, 0.6) is 0 Å². The summed E-state index contributed by atoms with van der Waals surface area (Å²) in [7, 11) is 0. The third-order valence-corrected chi connectivity index (χ3v) is 1.17. The predicted molar refractivity (Wildman–Crippen MR) is 48.0 cm³/mol. The molecule has 0 aliphatic rings. The molecule has 0 saturated carbocycles. The van der Waals surface area contributed by atoms with E-state index in [0.29, 0.717) is 6.61 Å². The summed E-state index contributed by atoms with van der Waals surface area (Å²) in [6.07, 6.45) is 0. The second kappa shape index (κ2) is 5.74. The molecule has 0 N–H and O–H groups in total. The molecule has 3 heteroatoms. The van der Waals surface area contributed by atoms with E-state index in [1.165, 1.54) is 0 Å². The lowest BCUT2D eigenvalue weighted by molar-refractivity contribution is 0.133. The molecular weight excluding hydrogens is 162 g/mol. The van der Waals surface area contributed by atoms with Crippen LogP contribution in [0.3, 0.4) is 0 Å². The Bertz CT molecular complexity index is 201. The van der Waals surface area contributed by atoms with Gasteiger partial charge in [-0.25, -0.2) is 0 Å². The molecule has 0 aliphatic heterocycles. The van der Waals surface area contributed by atoms with E-state index in [1.54, 1.807) is 0 Å². The van der Waals surface area contributed by atoms with Crippen molar-refractivity contribution >= 4 is 19.1 Å². The van der Waals surface area contributed by atoms with Gasteiger partial charge in [0.2, 0.25) is 0 Å². The summed E-state index contributed by atoms with van der Waals surface area (Å²) in [5.74, 6) is 0. The van der Waals surface area contributed by atoms with Crippen LogP contribution < -0.4 is 0 Å². The molecule has 0 fully saturated rings. The lowest BCUT2D eigenvalue weighted by Gasteiger charge is -1.96. The normalized spacial score (nSPS) is 8.00. The first-order valence-electron chi connectivity index (χ1n) is 3.05. The van der Waals surface area contributed by atoms with Crippen LogP contribution >= 0.6 is 12.4 Å². The van der Waals surface area contributed by atoms with Crippen molar-refractivity contribution in [2.75, 3.05) is 0 Å². The predicted octanol–water partition coefficient (Wildman–Crippen LogP) is 2.24. The Hall–Kier alpha value is -1.02. The fourth-order valence-electron chi connectivity index (χ4n) is 0.694. The summed E-state index contributed by atoms with van der Waals surface area (Å²) in [6.45, 7) is 3.71. The maximum Gasteiger partial charge on any atom is 0.142 e. The highest BCUT2D eigenvalue weighted by Gasteiger charge is 1.86. The molecule has 1 aromatic carbocycles. The van der Waals surface area contributed by atoms with Crippen molar-refractivity contribution in [2.24, 2.45) is 5.16 Å². The van der Waals surface area contributed by atoms with E-state index in [9.17, 15) is 0 Å². The molecule has 0 amide bonds. The number of nitrogens with zero attached hydrogens (tertiary/aromatic N) is 1. The smallest absolute Gasteiger partial charge is 0.142 e. The third-order valence-electron chi connectivity index (χ3n) is 1.17. The van der Waals surface area contributed by atoms with Crippen molar-refractivity contribution in [1.82, 2.24) is 0 Å². The van der Waals surface area contributed by atoms with E-state index in [1.807, 2.05) is 30.3 Å². The summed E-state index contributed by atoms with van der Waals surface area (Å²) < 4.78 is 0.